The molecule has 0 bridgehead atoms. The van der Waals surface area contributed by atoms with Gasteiger partial charge in [0.25, 0.3) is 18.0 Å². The quantitative estimate of drug-likeness (QED) is 0.237. The van der Waals surface area contributed by atoms with Gasteiger partial charge in [0.2, 0.25) is 5.96 Å². The normalized spacial score (nSPS) is 28.9. The summed E-state index contributed by atoms with van der Waals surface area (Å²) in [4.78, 5) is 19.6. The first-order valence-electron chi connectivity index (χ1n) is 14.3. The molecule has 3 aliphatic heterocycles. The van der Waals surface area contributed by atoms with E-state index in [9.17, 15) is 15.0 Å². The van der Waals surface area contributed by atoms with Gasteiger partial charge in [0.1, 0.15) is 18.2 Å². The fraction of sp³-hybridized carbons (Fsp3) is 0.467. The summed E-state index contributed by atoms with van der Waals surface area (Å²) < 4.78 is 4.94. The van der Waals surface area contributed by atoms with Gasteiger partial charge in [0.15, 0.2) is 5.66 Å². The molecule has 13 heteroatoms. The molecule has 2 aromatic rings. The van der Waals surface area contributed by atoms with Gasteiger partial charge in [-0.15, -0.1) is 0 Å². The second-order valence-corrected chi connectivity index (χ2v) is 18.9. The van der Waals surface area contributed by atoms with E-state index in [1.807, 2.05) is 43.3 Å². The van der Waals surface area contributed by atoms with Gasteiger partial charge in [-0.3, -0.25) is 10.1 Å². The molecule has 0 radical (unpaired) electrons. The molecule has 2 fully saturated rings. The Hall–Kier alpha value is -2.31. The summed E-state index contributed by atoms with van der Waals surface area (Å²) in [6, 6.07) is 18.6. The van der Waals surface area contributed by atoms with Crippen LogP contribution in [-0.2, 0) is 9.22 Å². The topological polar surface area (TPSA) is 118 Å². The maximum Gasteiger partial charge on any atom is 0.278 e. The van der Waals surface area contributed by atoms with Gasteiger partial charge in [-0.05, 0) is 21.8 Å². The Bertz CT molecular complexity index is 1350. The Labute approximate surface area is 268 Å². The van der Waals surface area contributed by atoms with E-state index in [0.717, 1.165) is 10.4 Å². The minimum Gasteiger partial charge on any atom is -0.405 e. The van der Waals surface area contributed by atoms with E-state index in [0.29, 0.717) is 12.2 Å². The van der Waals surface area contributed by atoms with E-state index in [-0.39, 0.29) is 17.6 Å². The molecular formula is C30H38Cl3N5O4Si. The Morgan fingerprint density at radius 3 is 2.14 bits per heavy atom. The molecule has 43 heavy (non-hydrogen) atoms. The Kier molecular flexibility index (Phi) is 8.63. The predicted octanol–water partition coefficient (Wildman–Crippen LogP) is 2.33. The van der Waals surface area contributed by atoms with Crippen LogP contribution in [0.5, 0.6) is 0 Å². The number of aliphatic hydroxyl groups excluding tert-OH is 2. The molecule has 232 valence electrons. The van der Waals surface area contributed by atoms with Crippen LogP contribution in [0.15, 0.2) is 78.1 Å². The number of alkyl halides is 3. The number of rotatable bonds is 6. The largest absolute Gasteiger partial charge is 0.405 e. The van der Waals surface area contributed by atoms with Crippen molar-refractivity contribution >= 4 is 65.4 Å². The average molecular weight is 667 g/mol. The molecule has 9 nitrogen and oxygen atoms in total. The number of carbonyl (C=O) groups excluding carboxylic acids is 1. The van der Waals surface area contributed by atoms with Crippen LogP contribution in [0, 0.1) is 0 Å². The third-order valence-electron chi connectivity index (χ3n) is 8.74. The van der Waals surface area contributed by atoms with E-state index >= 15 is 0 Å². The Morgan fingerprint density at radius 2 is 1.65 bits per heavy atom. The standard InChI is InChI=1S/C30H38Cl3N5O4Si/c1-6-22-23(39)25(40)29-24(34-18(2)37-29)21(35-27(38(22)29)36-26(41)30(31,32)33)17-42-43(28(3,4)5,19-13-9-7-10-14-19)20-15-11-8-12-16-20/h7-16,21-25,34,37,39-40H,2,6,17H2,1,3-5H3,(H,35,36,41)/t21-,22+,23?,24-,25-,29?/m0/s1. The zero-order valence-corrected chi connectivity index (χ0v) is 27.8. The third kappa shape index (κ3) is 5.24. The van der Waals surface area contributed by atoms with Crippen molar-refractivity contribution in [2.75, 3.05) is 6.61 Å². The molecule has 2 unspecified atom stereocenters. The molecular weight excluding hydrogens is 629 g/mol. The van der Waals surface area contributed by atoms with Crippen molar-refractivity contribution in [2.24, 2.45) is 4.99 Å². The van der Waals surface area contributed by atoms with Crippen LogP contribution < -0.4 is 26.3 Å². The molecule has 5 N–H and O–H groups in total. The second kappa shape index (κ2) is 11.6. The number of guanidine groups is 1. The van der Waals surface area contributed by atoms with Crippen LogP contribution in [0.2, 0.25) is 5.04 Å². The summed E-state index contributed by atoms with van der Waals surface area (Å²) in [5.74, 6) is -0.403. The molecule has 1 spiro atoms. The Balaban J connectivity index is 1.64. The van der Waals surface area contributed by atoms with Gasteiger partial charge < -0.3 is 30.2 Å². The third-order valence-corrected chi connectivity index (χ3v) is 14.3. The molecule has 2 saturated heterocycles. The maximum atomic E-state index is 12.9. The smallest absolute Gasteiger partial charge is 0.278 e. The number of aliphatic hydroxyl groups is 2. The number of nitrogens with one attached hydrogen (secondary N) is 3. The average Bonchev–Trinajstić information content (AvgIpc) is 3.41. The number of amides is 1. The first-order chi connectivity index (χ1) is 20.2. The van der Waals surface area contributed by atoms with E-state index in [1.54, 1.807) is 4.90 Å². The van der Waals surface area contributed by atoms with Crippen molar-refractivity contribution in [3.63, 3.8) is 0 Å². The highest BCUT2D eigenvalue weighted by atomic mass is 35.6. The molecule has 0 aliphatic carbocycles. The summed E-state index contributed by atoms with van der Waals surface area (Å²) in [6.07, 6.45) is -2.01. The van der Waals surface area contributed by atoms with Crippen LogP contribution in [0.1, 0.15) is 34.1 Å². The van der Waals surface area contributed by atoms with Crippen molar-refractivity contribution < 1.29 is 19.4 Å². The van der Waals surface area contributed by atoms with E-state index in [2.05, 4.69) is 67.6 Å². The number of carbonyl (C=O) groups is 1. The van der Waals surface area contributed by atoms with Crippen molar-refractivity contribution in [2.45, 2.75) is 78.9 Å². The fourth-order valence-corrected chi connectivity index (χ4v) is 11.7. The molecule has 0 aromatic heterocycles. The minimum atomic E-state index is -2.98. The summed E-state index contributed by atoms with van der Waals surface area (Å²) in [5, 5.41) is 34.0. The molecule has 3 heterocycles. The lowest BCUT2D eigenvalue weighted by atomic mass is 9.89. The van der Waals surface area contributed by atoms with E-state index in [1.165, 1.54) is 0 Å². The van der Waals surface area contributed by atoms with Crippen molar-refractivity contribution in [1.82, 2.24) is 20.9 Å². The highest BCUT2D eigenvalue weighted by Crippen LogP contribution is 2.45. The first kappa shape index (κ1) is 32.1. The maximum absolute atomic E-state index is 12.9. The van der Waals surface area contributed by atoms with Crippen molar-refractivity contribution in [3.8, 4) is 0 Å². The van der Waals surface area contributed by atoms with Gasteiger partial charge >= 0.3 is 0 Å². The van der Waals surface area contributed by atoms with Gasteiger partial charge in [-0.1, -0.05) is 130 Å². The van der Waals surface area contributed by atoms with E-state index in [4.69, 9.17) is 44.2 Å². The van der Waals surface area contributed by atoms with Crippen LogP contribution in [0.4, 0.5) is 0 Å². The summed E-state index contributed by atoms with van der Waals surface area (Å²) in [5.41, 5.74) is -1.31. The summed E-state index contributed by atoms with van der Waals surface area (Å²) >= 11 is 17.8. The lowest BCUT2D eigenvalue weighted by molar-refractivity contribution is -0.119. The highest BCUT2D eigenvalue weighted by Gasteiger charge is 2.69. The monoisotopic (exact) mass is 665 g/mol. The lowest BCUT2D eigenvalue weighted by Gasteiger charge is -2.50. The predicted molar refractivity (Wildman–Crippen MR) is 173 cm³/mol. The van der Waals surface area contributed by atoms with Gasteiger partial charge in [-0.25, -0.2) is 4.99 Å². The number of hydrogen-bond donors (Lipinski definition) is 5. The van der Waals surface area contributed by atoms with Crippen LogP contribution in [-0.4, -0.2) is 81.7 Å². The summed E-state index contributed by atoms with van der Waals surface area (Å²) in [6.45, 7) is 12.6. The lowest BCUT2D eigenvalue weighted by Crippen LogP contribution is -2.75. The zero-order chi connectivity index (χ0) is 31.4. The molecule has 3 aliphatic rings. The highest BCUT2D eigenvalue weighted by molar-refractivity contribution is 6.99. The van der Waals surface area contributed by atoms with Crippen LogP contribution in [0.3, 0.4) is 0 Å². The van der Waals surface area contributed by atoms with Gasteiger partial charge in [-0.2, -0.15) is 0 Å². The molecule has 6 atom stereocenters. The van der Waals surface area contributed by atoms with Crippen molar-refractivity contribution in [1.29, 1.82) is 0 Å². The number of hydrogen-bond acceptors (Lipinski definition) is 8. The second-order valence-electron chi connectivity index (χ2n) is 12.3. The summed E-state index contributed by atoms with van der Waals surface area (Å²) in [7, 11) is -2.98. The molecule has 0 saturated carbocycles. The molecule has 2 aromatic carbocycles. The molecule has 5 rings (SSSR count). The number of halogens is 3. The number of nitrogens with zero attached hydrogens (tertiary/aromatic N) is 2. The van der Waals surface area contributed by atoms with Gasteiger partial charge in [0.05, 0.1) is 24.5 Å². The molecule has 1 amide bonds. The van der Waals surface area contributed by atoms with Gasteiger partial charge in [0, 0.05) is 0 Å². The van der Waals surface area contributed by atoms with E-state index < -0.39 is 54.0 Å². The van der Waals surface area contributed by atoms with Crippen LogP contribution >= 0.6 is 34.8 Å². The fourth-order valence-electron chi connectivity index (χ4n) is 6.97. The number of aliphatic imine (C=N–C) groups is 1. The number of benzene rings is 2. The zero-order valence-electron chi connectivity index (χ0n) is 24.5. The SMILES string of the molecule is C=C1N[C@H]2[C@H](CO[Si](c3ccccc3)(c3ccccc3)C(C)(C)C)N=C(NC(=O)C(Cl)(Cl)Cl)N3[C@H](CC)C(O)[C@H](O)C23N1. The first-order valence-corrected chi connectivity index (χ1v) is 17.3. The Morgan fingerprint density at radius 1 is 1.09 bits per heavy atom. The van der Waals surface area contributed by atoms with Crippen molar-refractivity contribution in [3.05, 3.63) is 73.1 Å². The minimum absolute atomic E-state index is 0.0649. The van der Waals surface area contributed by atoms with Crippen LogP contribution in [0.25, 0.3) is 0 Å².